The quantitative estimate of drug-likeness (QED) is 0.464. The summed E-state index contributed by atoms with van der Waals surface area (Å²) in [5, 5.41) is 2.50. The Kier molecular flexibility index (Phi) is 7.63. The fourth-order valence-corrected chi connectivity index (χ4v) is 5.53. The van der Waals surface area contributed by atoms with Crippen LogP contribution in [0.25, 0.3) is 10.8 Å². The minimum atomic E-state index is -0.0249. The van der Waals surface area contributed by atoms with Crippen molar-refractivity contribution in [2.24, 2.45) is 17.3 Å². The maximum absolute atomic E-state index is 12.0. The molecule has 0 bridgehead atoms. The summed E-state index contributed by atoms with van der Waals surface area (Å²) in [5.41, 5.74) is 1.73. The standard InChI is InChI=1S/C29H41NO3/c1-5-32-28(31)22-14-16-30(17-15-22)20-21-6-7-24-19-27(11-8-23(24)18-21)33-26-12-9-25(10-13-26)29(2,3)4/h6-8,11,18-19,22,25-26H,5,9-10,12-17,20H2,1-4H3. The Bertz CT molecular complexity index is 932. The molecule has 1 aliphatic heterocycles. The molecular weight excluding hydrogens is 410 g/mol. The number of rotatable bonds is 6. The van der Waals surface area contributed by atoms with Crippen molar-refractivity contribution in [1.29, 1.82) is 0 Å². The van der Waals surface area contributed by atoms with E-state index in [0.29, 0.717) is 18.1 Å². The number of ether oxygens (including phenoxy) is 2. The van der Waals surface area contributed by atoms with Gasteiger partial charge in [-0.3, -0.25) is 9.69 Å². The zero-order chi connectivity index (χ0) is 23.4. The zero-order valence-corrected chi connectivity index (χ0v) is 20.9. The van der Waals surface area contributed by atoms with E-state index in [2.05, 4.69) is 62.1 Å². The van der Waals surface area contributed by atoms with Gasteiger partial charge in [-0.15, -0.1) is 0 Å². The first-order valence-corrected chi connectivity index (χ1v) is 12.9. The fraction of sp³-hybridized carbons (Fsp3) is 0.621. The summed E-state index contributed by atoms with van der Waals surface area (Å²) in [6.07, 6.45) is 6.98. The highest BCUT2D eigenvalue weighted by molar-refractivity contribution is 5.84. The summed E-state index contributed by atoms with van der Waals surface area (Å²) < 4.78 is 11.6. The third-order valence-corrected chi connectivity index (χ3v) is 7.69. The van der Waals surface area contributed by atoms with Gasteiger partial charge in [-0.05, 0) is 104 Å². The predicted octanol–water partition coefficient (Wildman–Crippen LogP) is 6.60. The van der Waals surface area contributed by atoms with Gasteiger partial charge in [0.15, 0.2) is 0 Å². The third-order valence-electron chi connectivity index (χ3n) is 7.69. The topological polar surface area (TPSA) is 38.8 Å². The van der Waals surface area contributed by atoms with Crippen molar-refractivity contribution in [1.82, 2.24) is 4.90 Å². The van der Waals surface area contributed by atoms with Crippen LogP contribution in [0.3, 0.4) is 0 Å². The van der Waals surface area contributed by atoms with Gasteiger partial charge in [0, 0.05) is 6.54 Å². The summed E-state index contributed by atoms with van der Waals surface area (Å²) in [4.78, 5) is 14.4. The zero-order valence-electron chi connectivity index (χ0n) is 20.9. The molecule has 1 aliphatic carbocycles. The van der Waals surface area contributed by atoms with E-state index >= 15 is 0 Å². The van der Waals surface area contributed by atoms with Crippen molar-refractivity contribution in [3.05, 3.63) is 42.0 Å². The summed E-state index contributed by atoms with van der Waals surface area (Å²) in [6.45, 7) is 12.3. The van der Waals surface area contributed by atoms with Crippen LogP contribution in [0.4, 0.5) is 0 Å². The average Bonchev–Trinajstić information content (AvgIpc) is 2.79. The molecule has 4 heteroatoms. The molecule has 2 aromatic carbocycles. The van der Waals surface area contributed by atoms with Crippen LogP contribution in [0.1, 0.15) is 71.8 Å². The second-order valence-electron chi connectivity index (χ2n) is 11.1. The number of carbonyl (C=O) groups excluding carboxylic acids is 1. The van der Waals surface area contributed by atoms with Crippen molar-refractivity contribution in [3.63, 3.8) is 0 Å². The lowest BCUT2D eigenvalue weighted by atomic mass is 9.72. The van der Waals surface area contributed by atoms with Gasteiger partial charge in [0.1, 0.15) is 5.75 Å². The Morgan fingerprint density at radius 1 is 0.939 bits per heavy atom. The van der Waals surface area contributed by atoms with Gasteiger partial charge in [0.2, 0.25) is 0 Å². The van der Waals surface area contributed by atoms with Gasteiger partial charge in [-0.1, -0.05) is 39.0 Å². The van der Waals surface area contributed by atoms with Crippen LogP contribution >= 0.6 is 0 Å². The highest BCUT2D eigenvalue weighted by Crippen LogP contribution is 2.39. The lowest BCUT2D eigenvalue weighted by Crippen LogP contribution is -2.36. The summed E-state index contributed by atoms with van der Waals surface area (Å²) >= 11 is 0. The van der Waals surface area contributed by atoms with Gasteiger partial charge in [-0.2, -0.15) is 0 Å². The van der Waals surface area contributed by atoms with Crippen molar-refractivity contribution in [2.45, 2.75) is 78.9 Å². The van der Waals surface area contributed by atoms with E-state index < -0.39 is 0 Å². The number of hydrogen-bond donors (Lipinski definition) is 0. The minimum absolute atomic E-state index is 0.0249. The number of esters is 1. The van der Waals surface area contributed by atoms with Crippen molar-refractivity contribution in [2.75, 3.05) is 19.7 Å². The molecule has 0 aromatic heterocycles. The molecule has 180 valence electrons. The van der Waals surface area contributed by atoms with E-state index in [1.54, 1.807) is 0 Å². The average molecular weight is 452 g/mol. The van der Waals surface area contributed by atoms with E-state index in [9.17, 15) is 4.79 Å². The van der Waals surface area contributed by atoms with E-state index in [1.165, 1.54) is 29.2 Å². The maximum atomic E-state index is 12.0. The Balaban J connectivity index is 1.31. The molecule has 0 unspecified atom stereocenters. The second kappa shape index (κ2) is 10.5. The molecule has 33 heavy (non-hydrogen) atoms. The van der Waals surface area contributed by atoms with Gasteiger partial charge >= 0.3 is 5.97 Å². The van der Waals surface area contributed by atoms with E-state index in [4.69, 9.17) is 9.47 Å². The first kappa shape index (κ1) is 24.1. The Morgan fingerprint density at radius 3 is 2.27 bits per heavy atom. The largest absolute Gasteiger partial charge is 0.490 e. The van der Waals surface area contributed by atoms with Gasteiger partial charge in [0.25, 0.3) is 0 Å². The highest BCUT2D eigenvalue weighted by atomic mass is 16.5. The van der Waals surface area contributed by atoms with Crippen LogP contribution in [-0.2, 0) is 16.1 Å². The number of fused-ring (bicyclic) bond motifs is 1. The van der Waals surface area contributed by atoms with Crippen LogP contribution < -0.4 is 4.74 Å². The molecular formula is C29H41NO3. The molecule has 4 nitrogen and oxygen atoms in total. The molecule has 0 spiro atoms. The SMILES string of the molecule is CCOC(=O)C1CCN(Cc2ccc3cc(OC4CCC(C(C)(C)C)CC4)ccc3c2)CC1. The fourth-order valence-electron chi connectivity index (χ4n) is 5.53. The van der Waals surface area contributed by atoms with Crippen molar-refractivity contribution < 1.29 is 14.3 Å². The van der Waals surface area contributed by atoms with Gasteiger partial charge < -0.3 is 9.47 Å². The smallest absolute Gasteiger partial charge is 0.309 e. The van der Waals surface area contributed by atoms with Gasteiger partial charge in [-0.25, -0.2) is 0 Å². The molecule has 0 radical (unpaired) electrons. The van der Waals surface area contributed by atoms with Crippen LogP contribution in [0.2, 0.25) is 0 Å². The molecule has 0 amide bonds. The van der Waals surface area contributed by atoms with Crippen LogP contribution in [-0.4, -0.2) is 36.7 Å². The second-order valence-corrected chi connectivity index (χ2v) is 11.1. The summed E-state index contributed by atoms with van der Waals surface area (Å²) in [5.74, 6) is 1.85. The summed E-state index contributed by atoms with van der Waals surface area (Å²) in [7, 11) is 0. The van der Waals surface area contributed by atoms with E-state index in [-0.39, 0.29) is 11.9 Å². The monoisotopic (exact) mass is 451 g/mol. The predicted molar refractivity (Wildman–Crippen MR) is 134 cm³/mol. The molecule has 4 rings (SSSR count). The summed E-state index contributed by atoms with van der Waals surface area (Å²) in [6, 6.07) is 13.3. The minimum Gasteiger partial charge on any atom is -0.490 e. The number of piperidine rings is 1. The van der Waals surface area contributed by atoms with Crippen LogP contribution in [0, 0.1) is 17.3 Å². The lowest BCUT2D eigenvalue weighted by Gasteiger charge is -2.37. The molecule has 1 heterocycles. The lowest BCUT2D eigenvalue weighted by molar-refractivity contribution is -0.149. The molecule has 2 aromatic rings. The number of hydrogen-bond acceptors (Lipinski definition) is 4. The Hall–Kier alpha value is -2.07. The molecule has 0 N–H and O–H groups in total. The number of carbonyl (C=O) groups is 1. The molecule has 1 saturated carbocycles. The van der Waals surface area contributed by atoms with E-state index in [0.717, 1.165) is 57.0 Å². The Labute approximate surface area is 199 Å². The van der Waals surface area contributed by atoms with Crippen LogP contribution in [0.15, 0.2) is 36.4 Å². The van der Waals surface area contributed by atoms with E-state index in [1.807, 2.05) is 6.92 Å². The van der Waals surface area contributed by atoms with Crippen LogP contribution in [0.5, 0.6) is 5.75 Å². The number of benzene rings is 2. The maximum Gasteiger partial charge on any atom is 0.309 e. The number of likely N-dealkylation sites (tertiary alicyclic amines) is 1. The van der Waals surface area contributed by atoms with Gasteiger partial charge in [0.05, 0.1) is 18.6 Å². The normalized spacial score (nSPS) is 22.9. The Morgan fingerprint density at radius 2 is 1.61 bits per heavy atom. The first-order chi connectivity index (χ1) is 15.8. The molecule has 2 aliphatic rings. The molecule has 0 atom stereocenters. The number of nitrogens with zero attached hydrogens (tertiary/aromatic N) is 1. The third kappa shape index (κ3) is 6.29. The molecule has 1 saturated heterocycles. The first-order valence-electron chi connectivity index (χ1n) is 12.9. The highest BCUT2D eigenvalue weighted by Gasteiger charge is 2.30. The molecule has 2 fully saturated rings. The van der Waals surface area contributed by atoms with Crippen molar-refractivity contribution >= 4 is 16.7 Å². The van der Waals surface area contributed by atoms with Crippen molar-refractivity contribution in [3.8, 4) is 5.75 Å².